The maximum Gasteiger partial charge on any atom is 0.338 e. The largest absolute Gasteiger partial charge is 0.463 e. The Bertz CT molecular complexity index is 793. The summed E-state index contributed by atoms with van der Waals surface area (Å²) in [6, 6.07) is 4.13. The Morgan fingerprint density at radius 3 is 2.68 bits per heavy atom. The van der Waals surface area contributed by atoms with Gasteiger partial charge in [0.05, 0.1) is 28.3 Å². The fourth-order valence-electron chi connectivity index (χ4n) is 3.46. The Morgan fingerprint density at radius 1 is 1.29 bits per heavy atom. The van der Waals surface area contributed by atoms with Crippen LogP contribution in [-0.2, 0) is 9.53 Å². The summed E-state index contributed by atoms with van der Waals surface area (Å²) in [5.41, 5.74) is 1.56. The molecule has 1 unspecified atom stereocenters. The summed E-state index contributed by atoms with van der Waals surface area (Å²) in [5, 5.41) is 6.83. The molecule has 2 amide bonds. The first-order valence-electron chi connectivity index (χ1n) is 9.25. The number of benzene rings is 1. The summed E-state index contributed by atoms with van der Waals surface area (Å²) in [6.07, 6.45) is 0. The number of urea groups is 1. The lowest BCUT2D eigenvalue weighted by molar-refractivity contribution is -0.139. The Hall–Kier alpha value is -1.80. The third kappa shape index (κ3) is 4.27. The number of carbonyl (C=O) groups excluding carboxylic acids is 2. The molecule has 0 aromatic heterocycles. The van der Waals surface area contributed by atoms with Crippen LogP contribution in [0.3, 0.4) is 0 Å². The van der Waals surface area contributed by atoms with E-state index >= 15 is 0 Å². The number of esters is 1. The van der Waals surface area contributed by atoms with Crippen molar-refractivity contribution >= 4 is 35.2 Å². The van der Waals surface area contributed by atoms with E-state index < -0.39 is 12.0 Å². The molecule has 152 valence electrons. The van der Waals surface area contributed by atoms with Crippen molar-refractivity contribution in [2.24, 2.45) is 0 Å². The maximum atomic E-state index is 12.9. The number of piperazine rings is 1. The van der Waals surface area contributed by atoms with Crippen LogP contribution in [0.2, 0.25) is 10.0 Å². The highest BCUT2D eigenvalue weighted by molar-refractivity contribution is 6.42. The van der Waals surface area contributed by atoms with E-state index in [0.29, 0.717) is 33.4 Å². The van der Waals surface area contributed by atoms with Crippen LogP contribution in [0.15, 0.2) is 29.5 Å². The number of carbonyl (C=O) groups is 2. The molecule has 1 fully saturated rings. The fourth-order valence-corrected chi connectivity index (χ4v) is 3.87. The van der Waals surface area contributed by atoms with Crippen molar-refractivity contribution in [2.45, 2.75) is 13.0 Å². The predicted molar refractivity (Wildman–Crippen MR) is 108 cm³/mol. The first kappa shape index (κ1) is 20.9. The fraction of sp³-hybridized carbons (Fsp3) is 0.474. The molecule has 0 radical (unpaired) electrons. The van der Waals surface area contributed by atoms with Gasteiger partial charge in [-0.2, -0.15) is 0 Å². The van der Waals surface area contributed by atoms with E-state index in [9.17, 15) is 9.59 Å². The Kier molecular flexibility index (Phi) is 6.82. The van der Waals surface area contributed by atoms with Gasteiger partial charge in [0.15, 0.2) is 0 Å². The van der Waals surface area contributed by atoms with Crippen LogP contribution in [-0.4, -0.2) is 68.2 Å². The zero-order valence-electron chi connectivity index (χ0n) is 15.9. The van der Waals surface area contributed by atoms with Gasteiger partial charge in [-0.3, -0.25) is 9.80 Å². The highest BCUT2D eigenvalue weighted by atomic mass is 35.5. The van der Waals surface area contributed by atoms with Gasteiger partial charge in [-0.25, -0.2) is 9.59 Å². The molecule has 28 heavy (non-hydrogen) atoms. The van der Waals surface area contributed by atoms with Crippen molar-refractivity contribution in [3.63, 3.8) is 0 Å². The second-order valence-electron chi connectivity index (χ2n) is 6.69. The minimum Gasteiger partial charge on any atom is -0.463 e. The summed E-state index contributed by atoms with van der Waals surface area (Å²) in [4.78, 5) is 29.3. The molecule has 1 atom stereocenters. The molecule has 9 heteroatoms. The number of amides is 2. The van der Waals surface area contributed by atoms with Crippen LogP contribution in [0.25, 0.3) is 0 Å². The lowest BCUT2D eigenvalue weighted by Gasteiger charge is -2.38. The quantitative estimate of drug-likeness (QED) is 0.707. The minimum atomic E-state index is -0.730. The topological polar surface area (TPSA) is 73.9 Å². The van der Waals surface area contributed by atoms with Gasteiger partial charge < -0.3 is 15.4 Å². The van der Waals surface area contributed by atoms with Crippen molar-refractivity contribution in [1.29, 1.82) is 0 Å². The standard InChI is InChI=1S/C19H24Cl2N4O3/c1-3-28-18(26)15-14(11-25-9-7-22-8-10-25)24(2)19(27)23-17(15)12-5-4-6-13(20)16(12)21/h4-6,17,22H,3,7-11H2,1-2H3,(H,23,27). The van der Waals surface area contributed by atoms with Crippen molar-refractivity contribution in [3.8, 4) is 0 Å². The Morgan fingerprint density at radius 2 is 2.00 bits per heavy atom. The molecule has 3 rings (SSSR count). The number of nitrogens with one attached hydrogen (secondary N) is 2. The van der Waals surface area contributed by atoms with Crippen LogP contribution in [0, 0.1) is 0 Å². The zero-order valence-corrected chi connectivity index (χ0v) is 17.4. The van der Waals surface area contributed by atoms with Gasteiger partial charge in [0.2, 0.25) is 0 Å². The Labute approximate surface area is 174 Å². The monoisotopic (exact) mass is 426 g/mol. The third-order valence-electron chi connectivity index (χ3n) is 4.95. The van der Waals surface area contributed by atoms with E-state index in [1.165, 1.54) is 4.90 Å². The lowest BCUT2D eigenvalue weighted by Crippen LogP contribution is -2.51. The number of halogens is 2. The average molecular weight is 427 g/mol. The molecule has 1 saturated heterocycles. The average Bonchev–Trinajstić information content (AvgIpc) is 2.68. The summed E-state index contributed by atoms with van der Waals surface area (Å²) in [6.45, 7) is 5.84. The van der Waals surface area contributed by atoms with Gasteiger partial charge in [0, 0.05) is 45.5 Å². The third-order valence-corrected chi connectivity index (χ3v) is 5.78. The minimum absolute atomic E-state index is 0.233. The van der Waals surface area contributed by atoms with Crippen molar-refractivity contribution in [1.82, 2.24) is 20.4 Å². The molecule has 1 aromatic carbocycles. The van der Waals surface area contributed by atoms with Crippen LogP contribution < -0.4 is 10.6 Å². The summed E-state index contributed by atoms with van der Waals surface area (Å²) in [5.74, 6) is -0.472. The SMILES string of the molecule is CCOC(=O)C1=C(CN2CCNCC2)N(C)C(=O)NC1c1cccc(Cl)c1Cl. The molecular formula is C19H24Cl2N4O3. The predicted octanol–water partition coefficient (Wildman–Crippen LogP) is 2.41. The van der Waals surface area contributed by atoms with E-state index in [0.717, 1.165) is 26.2 Å². The van der Waals surface area contributed by atoms with Gasteiger partial charge in [0.25, 0.3) is 0 Å². The number of ether oxygens (including phenoxy) is 1. The second kappa shape index (κ2) is 9.13. The van der Waals surface area contributed by atoms with Crippen molar-refractivity contribution in [3.05, 3.63) is 45.1 Å². The normalized spacial score (nSPS) is 20.9. The number of hydrogen-bond donors (Lipinski definition) is 2. The molecule has 0 aliphatic carbocycles. The van der Waals surface area contributed by atoms with Crippen molar-refractivity contribution < 1.29 is 14.3 Å². The molecule has 0 spiro atoms. The first-order valence-corrected chi connectivity index (χ1v) is 10.0. The van der Waals surface area contributed by atoms with Gasteiger partial charge in [-0.05, 0) is 18.6 Å². The summed E-state index contributed by atoms with van der Waals surface area (Å²) >= 11 is 12.6. The van der Waals surface area contributed by atoms with Gasteiger partial charge >= 0.3 is 12.0 Å². The number of likely N-dealkylation sites (N-methyl/N-ethyl adjacent to an activating group) is 1. The molecule has 2 N–H and O–H groups in total. The van der Waals surface area contributed by atoms with Crippen molar-refractivity contribution in [2.75, 3.05) is 46.4 Å². The van der Waals surface area contributed by atoms with Gasteiger partial charge in [-0.1, -0.05) is 35.3 Å². The molecular weight excluding hydrogens is 403 g/mol. The molecule has 2 heterocycles. The van der Waals surface area contributed by atoms with Gasteiger partial charge in [-0.15, -0.1) is 0 Å². The van der Waals surface area contributed by atoms with E-state index in [4.69, 9.17) is 27.9 Å². The smallest absolute Gasteiger partial charge is 0.338 e. The molecule has 0 bridgehead atoms. The maximum absolute atomic E-state index is 12.9. The number of hydrogen-bond acceptors (Lipinski definition) is 5. The van der Waals surface area contributed by atoms with Crippen LogP contribution >= 0.6 is 23.2 Å². The molecule has 1 aromatic rings. The van der Waals surface area contributed by atoms with Gasteiger partial charge in [0.1, 0.15) is 0 Å². The number of nitrogens with zero attached hydrogens (tertiary/aromatic N) is 2. The molecule has 2 aliphatic rings. The summed E-state index contributed by atoms with van der Waals surface area (Å²) < 4.78 is 5.32. The summed E-state index contributed by atoms with van der Waals surface area (Å²) in [7, 11) is 1.65. The highest BCUT2D eigenvalue weighted by Gasteiger charge is 2.38. The van der Waals surface area contributed by atoms with E-state index in [-0.39, 0.29) is 12.6 Å². The molecule has 0 saturated carbocycles. The van der Waals surface area contributed by atoms with Crippen LogP contribution in [0.1, 0.15) is 18.5 Å². The van der Waals surface area contributed by atoms with E-state index in [1.807, 2.05) is 0 Å². The van der Waals surface area contributed by atoms with Crippen LogP contribution in [0.5, 0.6) is 0 Å². The lowest BCUT2D eigenvalue weighted by atomic mass is 9.94. The molecule has 2 aliphatic heterocycles. The van der Waals surface area contributed by atoms with Crippen LogP contribution in [0.4, 0.5) is 4.79 Å². The number of rotatable bonds is 5. The van der Waals surface area contributed by atoms with E-state index in [2.05, 4.69) is 15.5 Å². The molecule has 7 nitrogen and oxygen atoms in total. The first-order chi connectivity index (χ1) is 13.4. The highest BCUT2D eigenvalue weighted by Crippen LogP contribution is 2.37. The second-order valence-corrected chi connectivity index (χ2v) is 7.48. The Balaban J connectivity index is 2.09. The zero-order chi connectivity index (χ0) is 20.3. The van der Waals surface area contributed by atoms with E-state index in [1.54, 1.807) is 32.2 Å².